The first-order valence-corrected chi connectivity index (χ1v) is 16.3. The minimum Gasteiger partial charge on any atom is -0.372 e. The van der Waals surface area contributed by atoms with Gasteiger partial charge in [-0.25, -0.2) is 4.98 Å². The van der Waals surface area contributed by atoms with Crippen molar-refractivity contribution in [3.63, 3.8) is 0 Å². The number of nitrogens with one attached hydrogen (secondary N) is 1. The maximum atomic E-state index is 12.5. The number of fused-ring (bicyclic) bond motifs is 1. The Bertz CT molecular complexity index is 1080. The monoisotopic (exact) mass is 589 g/mol. The molecule has 0 saturated heterocycles. The average molecular weight is 589 g/mol. The fraction of sp³-hybridized carbons (Fsp3) is 0.647. The molecular weight excluding hydrogens is 524 g/mol. The molecule has 0 atom stereocenters. The number of hydrogen-bond donors (Lipinski definition) is 1. The molecular formula is C34H64N6O2. The second-order valence-electron chi connectivity index (χ2n) is 8.01. The SMILES string of the molecule is CC.CC.CC.CC.CCC.CCCCCCC.CCn1c(C)nc2cc(-c3ccc(NC)nn3)c(N=O)cc2c1=O. The molecule has 42 heavy (non-hydrogen) atoms. The highest BCUT2D eigenvalue weighted by Crippen LogP contribution is 2.32. The molecule has 2 heterocycles. The van der Waals surface area contributed by atoms with Crippen molar-refractivity contribution in [1.29, 1.82) is 0 Å². The van der Waals surface area contributed by atoms with Crippen LogP contribution < -0.4 is 10.9 Å². The summed E-state index contributed by atoms with van der Waals surface area (Å²) in [5.74, 6) is 1.23. The van der Waals surface area contributed by atoms with Crippen molar-refractivity contribution in [3.05, 3.63) is 45.4 Å². The van der Waals surface area contributed by atoms with E-state index in [2.05, 4.69) is 53.4 Å². The summed E-state index contributed by atoms with van der Waals surface area (Å²) in [6, 6.07) is 6.60. The summed E-state index contributed by atoms with van der Waals surface area (Å²) in [6.07, 6.45) is 8.26. The summed E-state index contributed by atoms with van der Waals surface area (Å²) in [5.41, 5.74) is 1.44. The van der Waals surface area contributed by atoms with Gasteiger partial charge in [-0.15, -0.1) is 15.1 Å². The van der Waals surface area contributed by atoms with Gasteiger partial charge in [0.25, 0.3) is 5.56 Å². The molecule has 0 aliphatic rings. The topological polar surface area (TPSA) is 102 Å². The highest BCUT2D eigenvalue weighted by Gasteiger charge is 2.14. The van der Waals surface area contributed by atoms with Crippen LogP contribution in [0.2, 0.25) is 0 Å². The lowest BCUT2D eigenvalue weighted by Crippen LogP contribution is -2.23. The Morgan fingerprint density at radius 3 is 1.71 bits per heavy atom. The molecule has 0 saturated carbocycles. The number of hydrogen-bond acceptors (Lipinski definition) is 7. The van der Waals surface area contributed by atoms with E-state index in [1.807, 2.05) is 62.3 Å². The van der Waals surface area contributed by atoms with Crippen molar-refractivity contribution in [2.75, 3.05) is 12.4 Å². The van der Waals surface area contributed by atoms with Gasteiger partial charge in [-0.2, -0.15) is 0 Å². The number of aromatic nitrogens is 4. The summed E-state index contributed by atoms with van der Waals surface area (Å²) < 4.78 is 1.55. The van der Waals surface area contributed by atoms with E-state index in [9.17, 15) is 9.70 Å². The molecule has 1 aromatic carbocycles. The van der Waals surface area contributed by atoms with E-state index >= 15 is 0 Å². The zero-order valence-corrected chi connectivity index (χ0v) is 29.8. The first-order chi connectivity index (χ1) is 20.4. The Hall–Kier alpha value is -3.16. The lowest BCUT2D eigenvalue weighted by Gasteiger charge is -2.10. The molecule has 2 aromatic heterocycles. The fourth-order valence-corrected chi connectivity index (χ4v) is 3.31. The minimum absolute atomic E-state index is 0.138. The molecule has 242 valence electrons. The van der Waals surface area contributed by atoms with Crippen LogP contribution in [0.15, 0.2) is 34.2 Å². The molecule has 0 amide bonds. The van der Waals surface area contributed by atoms with Crippen LogP contribution in [0.5, 0.6) is 0 Å². The van der Waals surface area contributed by atoms with Gasteiger partial charge in [-0.1, -0.05) is 122 Å². The molecule has 3 rings (SSSR count). The van der Waals surface area contributed by atoms with Gasteiger partial charge in [-0.05, 0) is 43.3 Å². The molecule has 0 fully saturated rings. The molecule has 8 heteroatoms. The van der Waals surface area contributed by atoms with Gasteiger partial charge >= 0.3 is 0 Å². The lowest BCUT2D eigenvalue weighted by molar-refractivity contribution is 0.656. The van der Waals surface area contributed by atoms with Gasteiger partial charge in [0.1, 0.15) is 17.3 Å². The predicted molar refractivity (Wildman–Crippen MR) is 188 cm³/mol. The number of aryl methyl sites for hydroxylation is 1. The second kappa shape index (κ2) is 32.4. The van der Waals surface area contributed by atoms with Crippen LogP contribution in [0, 0.1) is 11.8 Å². The van der Waals surface area contributed by atoms with Gasteiger partial charge in [0, 0.05) is 19.2 Å². The van der Waals surface area contributed by atoms with Crippen LogP contribution in [0.1, 0.15) is 134 Å². The largest absolute Gasteiger partial charge is 0.372 e. The molecule has 0 radical (unpaired) electrons. The number of anilines is 1. The summed E-state index contributed by atoms with van der Waals surface area (Å²) in [7, 11) is 1.74. The van der Waals surface area contributed by atoms with Crippen LogP contribution in [0.25, 0.3) is 22.2 Å². The van der Waals surface area contributed by atoms with Gasteiger partial charge in [0.15, 0.2) is 0 Å². The third-order valence-electron chi connectivity index (χ3n) is 5.08. The van der Waals surface area contributed by atoms with Crippen molar-refractivity contribution in [3.8, 4) is 11.3 Å². The van der Waals surface area contributed by atoms with E-state index in [4.69, 9.17) is 0 Å². The van der Waals surface area contributed by atoms with Gasteiger partial charge in [0.05, 0.1) is 16.6 Å². The van der Waals surface area contributed by atoms with Crippen molar-refractivity contribution in [1.82, 2.24) is 19.7 Å². The smallest absolute Gasteiger partial charge is 0.261 e. The number of unbranched alkanes of at least 4 members (excludes halogenated alkanes) is 4. The van der Waals surface area contributed by atoms with E-state index in [1.54, 1.807) is 36.7 Å². The summed E-state index contributed by atoms with van der Waals surface area (Å²) >= 11 is 0. The Morgan fingerprint density at radius 2 is 1.33 bits per heavy atom. The van der Waals surface area contributed by atoms with Crippen LogP contribution in [0.4, 0.5) is 11.5 Å². The van der Waals surface area contributed by atoms with Crippen LogP contribution in [0.3, 0.4) is 0 Å². The van der Waals surface area contributed by atoms with E-state index in [-0.39, 0.29) is 11.2 Å². The van der Waals surface area contributed by atoms with E-state index in [0.717, 1.165) is 0 Å². The molecule has 0 aliphatic heterocycles. The Morgan fingerprint density at radius 1 is 0.810 bits per heavy atom. The van der Waals surface area contributed by atoms with Crippen molar-refractivity contribution in [2.24, 2.45) is 5.18 Å². The van der Waals surface area contributed by atoms with E-state index in [0.29, 0.717) is 40.3 Å². The van der Waals surface area contributed by atoms with Crippen LogP contribution in [-0.4, -0.2) is 26.8 Å². The molecule has 0 unspecified atom stereocenters. The lowest BCUT2D eigenvalue weighted by atomic mass is 10.1. The minimum atomic E-state index is -0.187. The molecule has 0 aliphatic carbocycles. The predicted octanol–water partition coefficient (Wildman–Crippen LogP) is 11.1. The third-order valence-corrected chi connectivity index (χ3v) is 5.08. The normalized spacial score (nSPS) is 8.74. The maximum Gasteiger partial charge on any atom is 0.261 e. The first kappa shape index (κ1) is 45.8. The zero-order chi connectivity index (χ0) is 33.5. The number of rotatable bonds is 8. The highest BCUT2D eigenvalue weighted by molar-refractivity contribution is 5.90. The fourth-order valence-electron chi connectivity index (χ4n) is 3.31. The average Bonchev–Trinajstić information content (AvgIpc) is 3.05. The van der Waals surface area contributed by atoms with Crippen molar-refractivity contribution >= 4 is 22.4 Å². The standard InChI is InChI=1S/C16H16N6O2.C7H16.C3H8.4C2H6/c1-4-22-9(2)18-13-7-10(12-5-6-15(17-3)20-19-12)14(21-24)8-11(13)16(22)23;1-3-5-7-6-4-2;1-3-2;4*1-2/h5-8H,4H2,1-3H3,(H,17,20);3-7H2,1-2H3;3H2,1-2H3;4*1-2H3. The number of nitroso groups, excluding NO2 is 1. The second-order valence-corrected chi connectivity index (χ2v) is 8.01. The Balaban J connectivity index is -0.000000336. The summed E-state index contributed by atoms with van der Waals surface area (Å²) in [5, 5.41) is 14.4. The number of nitrogens with zero attached hydrogens (tertiary/aromatic N) is 5. The molecule has 0 bridgehead atoms. The first-order valence-electron chi connectivity index (χ1n) is 16.3. The van der Waals surface area contributed by atoms with Crippen LogP contribution in [-0.2, 0) is 6.54 Å². The van der Waals surface area contributed by atoms with E-state index < -0.39 is 0 Å². The molecule has 8 nitrogen and oxygen atoms in total. The van der Waals surface area contributed by atoms with Crippen LogP contribution >= 0.6 is 0 Å². The van der Waals surface area contributed by atoms with Gasteiger partial charge in [0.2, 0.25) is 0 Å². The molecule has 0 spiro atoms. The quantitative estimate of drug-likeness (QED) is 0.207. The molecule has 1 N–H and O–H groups in total. The highest BCUT2D eigenvalue weighted by atomic mass is 16.3. The zero-order valence-electron chi connectivity index (χ0n) is 29.8. The number of benzene rings is 1. The van der Waals surface area contributed by atoms with Crippen molar-refractivity contribution < 1.29 is 0 Å². The summed E-state index contributed by atoms with van der Waals surface area (Å²) in [6.45, 7) is 28.9. The third kappa shape index (κ3) is 16.9. The Labute approximate surface area is 258 Å². The maximum absolute atomic E-state index is 12.5. The summed E-state index contributed by atoms with van der Waals surface area (Å²) in [4.78, 5) is 28.2. The van der Waals surface area contributed by atoms with Gasteiger partial charge < -0.3 is 5.32 Å². The van der Waals surface area contributed by atoms with E-state index in [1.165, 1.54) is 44.6 Å². The van der Waals surface area contributed by atoms with Crippen molar-refractivity contribution in [2.45, 2.75) is 142 Å². The van der Waals surface area contributed by atoms with Gasteiger partial charge in [-0.3, -0.25) is 9.36 Å². The molecule has 3 aromatic rings. The Kier molecular flexibility index (Phi) is 35.3.